The van der Waals surface area contributed by atoms with E-state index in [0.717, 1.165) is 0 Å². The Balaban J connectivity index is 2.66. The van der Waals surface area contributed by atoms with Crippen LogP contribution in [0.4, 0.5) is 0 Å². The van der Waals surface area contributed by atoms with Crippen LogP contribution >= 0.6 is 0 Å². The highest BCUT2D eigenvalue weighted by Crippen LogP contribution is 2.23. The molecule has 0 aromatic rings. The van der Waals surface area contributed by atoms with Crippen molar-refractivity contribution >= 4 is 0 Å². The Morgan fingerprint density at radius 2 is 1.91 bits per heavy atom. The fraction of sp³-hybridized carbons (Fsp3) is 1.00. The molecule has 1 aliphatic carbocycles. The lowest BCUT2D eigenvalue weighted by Gasteiger charge is -2.11. The summed E-state index contributed by atoms with van der Waals surface area (Å²) in [6, 6.07) is -0.704. The smallest absolute Gasteiger partial charge is 0.106 e. The maximum absolute atomic E-state index is 9.08. The topological polar surface area (TPSA) is 109 Å². The third-order valence-corrected chi connectivity index (χ3v) is 1.82. The third-order valence-electron chi connectivity index (χ3n) is 1.82. The van der Waals surface area contributed by atoms with Crippen LogP contribution in [0.2, 0.25) is 0 Å². The van der Waals surface area contributed by atoms with Gasteiger partial charge in [-0.2, -0.15) is 0 Å². The van der Waals surface area contributed by atoms with Gasteiger partial charge in [0.05, 0.1) is 18.2 Å². The van der Waals surface area contributed by atoms with E-state index in [0.29, 0.717) is 0 Å². The third kappa shape index (κ3) is 1.44. The second-order valence-corrected chi connectivity index (χ2v) is 2.56. The van der Waals surface area contributed by atoms with Gasteiger partial charge in [-0.15, -0.1) is 0 Å². The summed E-state index contributed by atoms with van der Waals surface area (Å²) in [5.41, 5.74) is 8.00. The van der Waals surface area contributed by atoms with E-state index in [4.69, 9.17) is 20.9 Å². The minimum Gasteiger partial charge on any atom is -0.390 e. The predicted octanol–water partition coefficient (Wildman–Crippen LogP) is -0.848. The molecule has 4 unspecified atom stereocenters. The number of azide groups is 1. The molecular formula is C5H9N3O3. The van der Waals surface area contributed by atoms with E-state index in [-0.39, 0.29) is 6.42 Å². The second-order valence-electron chi connectivity index (χ2n) is 2.56. The normalized spacial score (nSPS) is 43.5. The summed E-state index contributed by atoms with van der Waals surface area (Å²) < 4.78 is 0. The van der Waals surface area contributed by atoms with E-state index in [9.17, 15) is 0 Å². The van der Waals surface area contributed by atoms with E-state index in [1.54, 1.807) is 0 Å². The minimum absolute atomic E-state index is 0.117. The van der Waals surface area contributed by atoms with Crippen LogP contribution in [0.5, 0.6) is 0 Å². The molecule has 6 nitrogen and oxygen atoms in total. The summed E-state index contributed by atoms with van der Waals surface area (Å²) >= 11 is 0. The summed E-state index contributed by atoms with van der Waals surface area (Å²) in [7, 11) is 0. The first-order valence-corrected chi connectivity index (χ1v) is 3.25. The van der Waals surface area contributed by atoms with Crippen LogP contribution in [-0.2, 0) is 0 Å². The summed E-state index contributed by atoms with van der Waals surface area (Å²) in [6.45, 7) is 0. The lowest BCUT2D eigenvalue weighted by molar-refractivity contribution is -0.0204. The molecule has 0 bridgehead atoms. The molecule has 62 valence electrons. The molecule has 0 saturated heterocycles. The molecule has 0 amide bonds. The average Bonchev–Trinajstić information content (AvgIpc) is 2.19. The van der Waals surface area contributed by atoms with Crippen molar-refractivity contribution in [2.75, 3.05) is 0 Å². The van der Waals surface area contributed by atoms with Gasteiger partial charge in [-0.3, -0.25) is 0 Å². The maximum Gasteiger partial charge on any atom is 0.106 e. The Labute approximate surface area is 62.7 Å². The van der Waals surface area contributed by atoms with Gasteiger partial charge in [-0.25, -0.2) is 0 Å². The molecule has 6 heteroatoms. The lowest BCUT2D eigenvalue weighted by Crippen LogP contribution is -2.31. The van der Waals surface area contributed by atoms with Crippen LogP contribution in [0.1, 0.15) is 6.42 Å². The molecule has 0 radical (unpaired) electrons. The monoisotopic (exact) mass is 159 g/mol. The van der Waals surface area contributed by atoms with Crippen molar-refractivity contribution in [1.29, 1.82) is 0 Å². The van der Waals surface area contributed by atoms with Gasteiger partial charge in [0.15, 0.2) is 0 Å². The number of hydrogen-bond acceptors (Lipinski definition) is 4. The van der Waals surface area contributed by atoms with Crippen LogP contribution in [0.3, 0.4) is 0 Å². The average molecular weight is 159 g/mol. The number of aliphatic hydroxyl groups excluding tert-OH is 3. The minimum atomic E-state index is -1.19. The molecule has 1 fully saturated rings. The van der Waals surface area contributed by atoms with Gasteiger partial charge in [-0.05, 0) is 12.0 Å². The zero-order valence-electron chi connectivity index (χ0n) is 5.70. The van der Waals surface area contributed by atoms with Crippen molar-refractivity contribution in [3.63, 3.8) is 0 Å². The molecular weight excluding hydrogens is 150 g/mol. The molecule has 0 spiro atoms. The van der Waals surface area contributed by atoms with E-state index in [2.05, 4.69) is 10.0 Å². The van der Waals surface area contributed by atoms with Crippen molar-refractivity contribution in [1.82, 2.24) is 0 Å². The predicted molar refractivity (Wildman–Crippen MR) is 35.6 cm³/mol. The maximum atomic E-state index is 9.08. The van der Waals surface area contributed by atoms with E-state index >= 15 is 0 Å². The first-order chi connectivity index (χ1) is 5.16. The van der Waals surface area contributed by atoms with E-state index < -0.39 is 24.4 Å². The van der Waals surface area contributed by atoms with Gasteiger partial charge in [0.25, 0.3) is 0 Å². The van der Waals surface area contributed by atoms with E-state index in [1.807, 2.05) is 0 Å². The molecule has 0 aliphatic heterocycles. The Kier molecular flexibility index (Phi) is 2.31. The molecule has 0 aromatic carbocycles. The fourth-order valence-corrected chi connectivity index (χ4v) is 1.16. The van der Waals surface area contributed by atoms with Crippen molar-refractivity contribution < 1.29 is 15.3 Å². The highest BCUT2D eigenvalue weighted by molar-refractivity contribution is 4.95. The molecule has 1 aliphatic rings. The first-order valence-electron chi connectivity index (χ1n) is 3.25. The van der Waals surface area contributed by atoms with Crippen molar-refractivity contribution in [2.45, 2.75) is 30.8 Å². The number of nitrogens with zero attached hydrogens (tertiary/aromatic N) is 3. The Bertz CT molecular complexity index is 191. The van der Waals surface area contributed by atoms with Crippen molar-refractivity contribution in [3.8, 4) is 0 Å². The highest BCUT2D eigenvalue weighted by atomic mass is 16.4. The highest BCUT2D eigenvalue weighted by Gasteiger charge is 2.39. The summed E-state index contributed by atoms with van der Waals surface area (Å²) in [6.07, 6.45) is -3.20. The van der Waals surface area contributed by atoms with Gasteiger partial charge >= 0.3 is 0 Å². The Morgan fingerprint density at radius 1 is 1.27 bits per heavy atom. The zero-order valence-corrected chi connectivity index (χ0v) is 5.70. The van der Waals surface area contributed by atoms with E-state index in [1.165, 1.54) is 0 Å². The Hall–Kier alpha value is -0.810. The molecule has 11 heavy (non-hydrogen) atoms. The largest absolute Gasteiger partial charge is 0.390 e. The molecule has 4 atom stereocenters. The SMILES string of the molecule is [N-]=[N+]=NC1CC(O)C(O)C1O. The molecule has 0 heterocycles. The number of rotatable bonds is 1. The molecule has 0 aromatic heterocycles. The van der Waals surface area contributed by atoms with Crippen molar-refractivity contribution in [3.05, 3.63) is 10.4 Å². The van der Waals surface area contributed by atoms with Crippen LogP contribution in [0.15, 0.2) is 5.11 Å². The van der Waals surface area contributed by atoms with Gasteiger partial charge in [0, 0.05) is 4.91 Å². The van der Waals surface area contributed by atoms with Gasteiger partial charge < -0.3 is 15.3 Å². The van der Waals surface area contributed by atoms with Crippen LogP contribution in [0, 0.1) is 0 Å². The number of hydrogen-bond donors (Lipinski definition) is 3. The Morgan fingerprint density at radius 3 is 2.27 bits per heavy atom. The molecule has 1 rings (SSSR count). The first kappa shape index (κ1) is 8.29. The summed E-state index contributed by atoms with van der Waals surface area (Å²) in [5.74, 6) is 0. The van der Waals surface area contributed by atoms with Crippen LogP contribution in [0.25, 0.3) is 10.4 Å². The quantitative estimate of drug-likeness (QED) is 0.263. The van der Waals surface area contributed by atoms with Gasteiger partial charge in [0.2, 0.25) is 0 Å². The second kappa shape index (κ2) is 3.06. The molecule has 3 N–H and O–H groups in total. The fourth-order valence-electron chi connectivity index (χ4n) is 1.16. The van der Waals surface area contributed by atoms with Gasteiger partial charge in [0.1, 0.15) is 6.10 Å². The zero-order chi connectivity index (χ0) is 8.43. The standard InChI is InChI=1S/C5H9N3O3/c6-8-7-2-1-3(9)5(11)4(2)10/h2-5,9-11H,1H2. The number of aliphatic hydroxyl groups is 3. The summed E-state index contributed by atoms with van der Waals surface area (Å²) in [4.78, 5) is 2.48. The summed E-state index contributed by atoms with van der Waals surface area (Å²) in [5, 5.41) is 30.3. The van der Waals surface area contributed by atoms with Crippen LogP contribution in [-0.4, -0.2) is 39.7 Å². The van der Waals surface area contributed by atoms with Gasteiger partial charge in [-0.1, -0.05) is 5.11 Å². The van der Waals surface area contributed by atoms with Crippen molar-refractivity contribution in [2.24, 2.45) is 5.11 Å². The molecule has 1 saturated carbocycles. The van der Waals surface area contributed by atoms with Crippen LogP contribution < -0.4 is 0 Å². The lowest BCUT2D eigenvalue weighted by atomic mass is 10.2.